The molecule has 2 aromatic heterocycles. The van der Waals surface area contributed by atoms with E-state index in [1.165, 1.54) is 18.0 Å². The Labute approximate surface area is 187 Å². The molecule has 1 saturated carbocycles. The first-order valence-electron chi connectivity index (χ1n) is 9.98. The third kappa shape index (κ3) is 3.50. The summed E-state index contributed by atoms with van der Waals surface area (Å²) in [5.41, 5.74) is 6.11. The van der Waals surface area contributed by atoms with Crippen LogP contribution in [0.1, 0.15) is 18.9 Å². The third-order valence-electron chi connectivity index (χ3n) is 5.80. The highest BCUT2D eigenvalue weighted by molar-refractivity contribution is 8.14. The number of amidine groups is 1. The van der Waals surface area contributed by atoms with Gasteiger partial charge in [0.15, 0.2) is 22.6 Å². The third-order valence-corrected chi connectivity index (χ3v) is 6.96. The number of pyridine rings is 2. The van der Waals surface area contributed by atoms with Crippen molar-refractivity contribution >= 4 is 39.3 Å². The van der Waals surface area contributed by atoms with Crippen LogP contribution in [0.5, 0.6) is 5.75 Å². The minimum Gasteiger partial charge on any atom is -0.479 e. The molecule has 0 amide bonds. The SMILES string of the molecule is C#CCOc1cnc2c(Nc3cc(F)c(F)c([C@@]4(C)N=C(N)SC5CC54)c3)nccc2c1. The number of thioether (sulfide) groups is 1. The van der Waals surface area contributed by atoms with Crippen molar-refractivity contribution in [2.75, 3.05) is 11.9 Å². The normalized spacial score (nSPS) is 23.8. The highest BCUT2D eigenvalue weighted by Gasteiger charge is 2.56. The second-order valence-corrected chi connectivity index (χ2v) is 9.20. The standard InChI is InChI=1S/C23H19F2N5OS/c1-3-6-31-14-7-12-4-5-27-21(20(12)28-11-14)29-13-8-16(19(25)17(24)9-13)23(2)15-10-18(15)32-22(26)30-23/h1,4-5,7-9,11,15,18H,6,10H2,2H3,(H2,26,30)(H,27,29)/t15?,18?,23-/m0/s1. The fourth-order valence-electron chi connectivity index (χ4n) is 4.15. The van der Waals surface area contributed by atoms with E-state index >= 15 is 0 Å². The van der Waals surface area contributed by atoms with E-state index in [-0.39, 0.29) is 23.3 Å². The van der Waals surface area contributed by atoms with Crippen molar-refractivity contribution in [2.24, 2.45) is 16.6 Å². The van der Waals surface area contributed by atoms with Crippen molar-refractivity contribution in [1.29, 1.82) is 0 Å². The number of anilines is 2. The summed E-state index contributed by atoms with van der Waals surface area (Å²) in [6, 6.07) is 6.24. The minimum absolute atomic E-state index is 0.114. The number of halogens is 2. The van der Waals surface area contributed by atoms with Crippen LogP contribution in [0.3, 0.4) is 0 Å². The van der Waals surface area contributed by atoms with Crippen molar-refractivity contribution in [3.63, 3.8) is 0 Å². The van der Waals surface area contributed by atoms with Gasteiger partial charge in [-0.15, -0.1) is 6.42 Å². The summed E-state index contributed by atoms with van der Waals surface area (Å²) < 4.78 is 34.9. The van der Waals surface area contributed by atoms with Gasteiger partial charge in [0.2, 0.25) is 0 Å². The molecule has 1 aliphatic heterocycles. The van der Waals surface area contributed by atoms with Gasteiger partial charge in [-0.25, -0.2) is 18.7 Å². The zero-order valence-corrected chi connectivity index (χ0v) is 17.9. The summed E-state index contributed by atoms with van der Waals surface area (Å²) in [7, 11) is 0. The number of ether oxygens (including phenoxy) is 1. The lowest BCUT2D eigenvalue weighted by molar-refractivity contribution is 0.369. The van der Waals surface area contributed by atoms with Crippen LogP contribution in [0.25, 0.3) is 10.9 Å². The van der Waals surface area contributed by atoms with E-state index in [2.05, 4.69) is 26.2 Å². The van der Waals surface area contributed by atoms with Gasteiger partial charge < -0.3 is 15.8 Å². The molecule has 9 heteroatoms. The lowest BCUT2D eigenvalue weighted by Gasteiger charge is -2.30. The van der Waals surface area contributed by atoms with Crippen LogP contribution in [0, 0.1) is 29.9 Å². The molecular weight excluding hydrogens is 432 g/mol. The molecule has 0 spiro atoms. The Morgan fingerprint density at radius 3 is 3.00 bits per heavy atom. The Morgan fingerprint density at radius 2 is 2.19 bits per heavy atom. The second-order valence-electron chi connectivity index (χ2n) is 7.94. The number of aliphatic imine (C=N–C) groups is 1. The summed E-state index contributed by atoms with van der Waals surface area (Å²) in [5.74, 6) is 1.57. The lowest BCUT2D eigenvalue weighted by atomic mass is 9.86. The van der Waals surface area contributed by atoms with Crippen LogP contribution < -0.4 is 15.8 Å². The predicted octanol–water partition coefficient (Wildman–Crippen LogP) is 4.33. The maximum atomic E-state index is 14.9. The highest BCUT2D eigenvalue weighted by atomic mass is 32.2. The number of nitrogens with one attached hydrogen (secondary N) is 1. The predicted molar refractivity (Wildman–Crippen MR) is 122 cm³/mol. The van der Waals surface area contributed by atoms with Crippen molar-refractivity contribution in [2.45, 2.75) is 24.1 Å². The van der Waals surface area contributed by atoms with E-state index in [0.29, 0.717) is 27.9 Å². The number of aromatic nitrogens is 2. The smallest absolute Gasteiger partial charge is 0.164 e. The Hall–Kier alpha value is -3.38. The van der Waals surface area contributed by atoms with Gasteiger partial charge in [-0.1, -0.05) is 17.7 Å². The second kappa shape index (κ2) is 7.64. The monoisotopic (exact) mass is 451 g/mol. The van der Waals surface area contributed by atoms with E-state index in [0.717, 1.165) is 17.9 Å². The molecule has 162 valence electrons. The molecule has 32 heavy (non-hydrogen) atoms. The molecule has 1 fully saturated rings. The van der Waals surface area contributed by atoms with E-state index in [1.54, 1.807) is 31.3 Å². The number of nitrogens with zero attached hydrogens (tertiary/aromatic N) is 3. The van der Waals surface area contributed by atoms with Gasteiger partial charge in [0.25, 0.3) is 0 Å². The van der Waals surface area contributed by atoms with Crippen molar-refractivity contribution in [1.82, 2.24) is 9.97 Å². The number of hydrogen-bond donors (Lipinski definition) is 2. The fourth-order valence-corrected chi connectivity index (χ4v) is 5.43. The average Bonchev–Trinajstić information content (AvgIpc) is 3.55. The Kier molecular flexibility index (Phi) is 4.90. The van der Waals surface area contributed by atoms with E-state index in [9.17, 15) is 8.78 Å². The first kappa shape index (κ1) is 20.5. The maximum Gasteiger partial charge on any atom is 0.164 e. The molecule has 5 rings (SSSR count). The molecule has 3 aromatic rings. The van der Waals surface area contributed by atoms with Crippen molar-refractivity contribution < 1.29 is 13.5 Å². The number of terminal acetylenes is 1. The maximum absolute atomic E-state index is 14.9. The molecule has 3 N–H and O–H groups in total. The number of fused-ring (bicyclic) bond motifs is 2. The Bertz CT molecular complexity index is 1310. The molecule has 3 heterocycles. The van der Waals surface area contributed by atoms with Gasteiger partial charge in [-0.2, -0.15) is 0 Å². The first-order chi connectivity index (χ1) is 15.4. The molecule has 1 aliphatic carbocycles. The van der Waals surface area contributed by atoms with Gasteiger partial charge >= 0.3 is 0 Å². The van der Waals surface area contributed by atoms with Gasteiger partial charge in [0, 0.05) is 40.1 Å². The fraction of sp³-hybridized carbons (Fsp3) is 0.261. The number of benzene rings is 1. The van der Waals surface area contributed by atoms with Crippen LogP contribution >= 0.6 is 11.8 Å². The van der Waals surface area contributed by atoms with Crippen LogP contribution in [0.15, 0.2) is 41.7 Å². The van der Waals surface area contributed by atoms with E-state index in [1.807, 2.05) is 0 Å². The quantitative estimate of drug-likeness (QED) is 0.562. The molecule has 6 nitrogen and oxygen atoms in total. The van der Waals surface area contributed by atoms with Gasteiger partial charge in [-0.3, -0.25) is 4.99 Å². The molecular formula is C23H19F2N5OS. The molecule has 2 unspecified atom stereocenters. The van der Waals surface area contributed by atoms with E-state index in [4.69, 9.17) is 16.9 Å². The van der Waals surface area contributed by atoms with Gasteiger partial charge in [0.1, 0.15) is 17.9 Å². The minimum atomic E-state index is -0.964. The van der Waals surface area contributed by atoms with Crippen LogP contribution in [-0.2, 0) is 5.54 Å². The highest BCUT2D eigenvalue weighted by Crippen LogP contribution is 2.58. The summed E-state index contributed by atoms with van der Waals surface area (Å²) in [6.07, 6.45) is 9.22. The van der Waals surface area contributed by atoms with Crippen molar-refractivity contribution in [3.8, 4) is 18.1 Å². The zero-order chi connectivity index (χ0) is 22.5. The number of hydrogen-bond acceptors (Lipinski definition) is 7. The summed E-state index contributed by atoms with van der Waals surface area (Å²) in [5, 5.41) is 4.51. The van der Waals surface area contributed by atoms with E-state index < -0.39 is 17.2 Å². The molecule has 2 aliphatic rings. The molecule has 1 aromatic carbocycles. The molecule has 0 bridgehead atoms. The first-order valence-corrected chi connectivity index (χ1v) is 10.9. The summed E-state index contributed by atoms with van der Waals surface area (Å²) in [6.45, 7) is 1.94. The average molecular weight is 452 g/mol. The topological polar surface area (TPSA) is 85.4 Å². The molecule has 0 saturated heterocycles. The number of rotatable bonds is 5. The van der Waals surface area contributed by atoms with Gasteiger partial charge in [0.05, 0.1) is 11.7 Å². The van der Waals surface area contributed by atoms with Gasteiger partial charge in [-0.05, 0) is 31.5 Å². The molecule has 3 atom stereocenters. The zero-order valence-electron chi connectivity index (χ0n) is 17.1. The number of nitrogens with two attached hydrogens (primary N) is 1. The summed E-state index contributed by atoms with van der Waals surface area (Å²) in [4.78, 5) is 13.2. The lowest BCUT2D eigenvalue weighted by Crippen LogP contribution is -2.32. The molecule has 0 radical (unpaired) electrons. The Balaban J connectivity index is 1.52. The largest absolute Gasteiger partial charge is 0.479 e. The van der Waals surface area contributed by atoms with Crippen LogP contribution in [0.4, 0.5) is 20.3 Å². The van der Waals surface area contributed by atoms with Crippen LogP contribution in [-0.4, -0.2) is 27.0 Å². The Morgan fingerprint density at radius 1 is 1.34 bits per heavy atom. The van der Waals surface area contributed by atoms with Crippen molar-refractivity contribution in [3.05, 3.63) is 53.9 Å². The van der Waals surface area contributed by atoms with Crippen LogP contribution in [0.2, 0.25) is 0 Å². The summed E-state index contributed by atoms with van der Waals surface area (Å²) >= 11 is 1.49.